The topological polar surface area (TPSA) is 83.7 Å². The van der Waals surface area contributed by atoms with Crippen LogP contribution in [0.25, 0.3) is 0 Å². The molecular formula is C21H26Cl2N2O4. The molecular weight excluding hydrogens is 415 g/mol. The molecule has 1 aromatic carbocycles. The van der Waals surface area contributed by atoms with Gasteiger partial charge < -0.3 is 5.11 Å². The molecule has 0 bridgehead atoms. The average Bonchev–Trinajstić information content (AvgIpc) is 2.68. The van der Waals surface area contributed by atoms with Crippen LogP contribution in [-0.2, 0) is 4.79 Å². The Bertz CT molecular complexity index is 814. The van der Waals surface area contributed by atoms with E-state index in [1.54, 1.807) is 18.2 Å². The van der Waals surface area contributed by atoms with Crippen molar-refractivity contribution in [3.05, 3.63) is 55.6 Å². The number of aliphatic carboxylic acids is 1. The Kier molecular flexibility index (Phi) is 7.19. The summed E-state index contributed by atoms with van der Waals surface area (Å²) < 4.78 is 0. The van der Waals surface area contributed by atoms with Gasteiger partial charge in [-0.1, -0.05) is 47.8 Å². The fraction of sp³-hybridized carbons (Fsp3) is 0.571. The van der Waals surface area contributed by atoms with E-state index in [1.165, 1.54) is 0 Å². The first-order valence-corrected chi connectivity index (χ1v) is 10.8. The molecule has 1 unspecified atom stereocenters. The van der Waals surface area contributed by atoms with Gasteiger partial charge in [0.05, 0.1) is 11.8 Å². The molecule has 1 aliphatic heterocycles. The van der Waals surface area contributed by atoms with E-state index < -0.39 is 12.0 Å². The van der Waals surface area contributed by atoms with Crippen LogP contribution >= 0.6 is 23.2 Å². The Balaban J connectivity index is 1.79. The van der Waals surface area contributed by atoms with Gasteiger partial charge in [-0.25, -0.2) is 0 Å². The van der Waals surface area contributed by atoms with E-state index in [0.717, 1.165) is 30.5 Å². The van der Waals surface area contributed by atoms with Crippen LogP contribution < -0.4 is 0 Å². The van der Waals surface area contributed by atoms with Gasteiger partial charge in [0, 0.05) is 34.0 Å². The van der Waals surface area contributed by atoms with E-state index in [0.29, 0.717) is 35.9 Å². The van der Waals surface area contributed by atoms with Crippen molar-refractivity contribution < 1.29 is 14.8 Å². The molecule has 29 heavy (non-hydrogen) atoms. The highest BCUT2D eigenvalue weighted by Crippen LogP contribution is 2.39. The number of hydrogen-bond acceptors (Lipinski definition) is 4. The molecule has 0 saturated carbocycles. The molecule has 0 aromatic heterocycles. The smallest absolute Gasteiger partial charge is 0.308 e. The van der Waals surface area contributed by atoms with Crippen molar-refractivity contribution in [1.82, 2.24) is 4.90 Å². The zero-order valence-electron chi connectivity index (χ0n) is 16.4. The molecule has 1 aliphatic carbocycles. The second kappa shape index (κ2) is 9.45. The summed E-state index contributed by atoms with van der Waals surface area (Å²) >= 11 is 12.3. The van der Waals surface area contributed by atoms with Crippen molar-refractivity contribution in [2.45, 2.75) is 57.0 Å². The summed E-state index contributed by atoms with van der Waals surface area (Å²) in [5.41, 5.74) is 1.76. The average molecular weight is 441 g/mol. The van der Waals surface area contributed by atoms with Gasteiger partial charge in [-0.15, -0.1) is 0 Å². The third-order valence-electron chi connectivity index (χ3n) is 6.26. The first-order valence-electron chi connectivity index (χ1n) is 10.0. The van der Waals surface area contributed by atoms with Gasteiger partial charge >= 0.3 is 5.97 Å². The lowest BCUT2D eigenvalue weighted by Gasteiger charge is -2.40. The molecule has 3 rings (SSSR count). The van der Waals surface area contributed by atoms with Gasteiger partial charge in [-0.05, 0) is 49.9 Å². The first-order chi connectivity index (χ1) is 13.8. The van der Waals surface area contributed by atoms with E-state index >= 15 is 0 Å². The summed E-state index contributed by atoms with van der Waals surface area (Å²) in [5, 5.41) is 22.3. The molecule has 1 fully saturated rings. The third-order valence-corrected chi connectivity index (χ3v) is 6.83. The molecule has 1 N–H and O–H groups in total. The fourth-order valence-corrected chi connectivity index (χ4v) is 5.40. The summed E-state index contributed by atoms with van der Waals surface area (Å²) in [6.45, 7) is 3.43. The van der Waals surface area contributed by atoms with Gasteiger partial charge in [0.1, 0.15) is 0 Å². The van der Waals surface area contributed by atoms with Crippen molar-refractivity contribution >= 4 is 29.2 Å². The molecule has 158 valence electrons. The summed E-state index contributed by atoms with van der Waals surface area (Å²) in [7, 11) is 0. The minimum atomic E-state index is -0.756. The van der Waals surface area contributed by atoms with E-state index in [2.05, 4.69) is 11.0 Å². The molecule has 1 heterocycles. The molecule has 6 nitrogen and oxygen atoms in total. The monoisotopic (exact) mass is 440 g/mol. The lowest BCUT2D eigenvalue weighted by atomic mass is 9.80. The maximum absolute atomic E-state index is 11.8. The summed E-state index contributed by atoms with van der Waals surface area (Å²) in [6, 6.07) is 4.33. The number of carboxylic acids is 1. The number of nitrogens with zero attached hydrogens (tertiary/aromatic N) is 2. The van der Waals surface area contributed by atoms with E-state index in [-0.39, 0.29) is 22.8 Å². The van der Waals surface area contributed by atoms with Crippen molar-refractivity contribution in [2.24, 2.45) is 5.92 Å². The Morgan fingerprint density at radius 1 is 1.38 bits per heavy atom. The summed E-state index contributed by atoms with van der Waals surface area (Å²) in [5.74, 6) is -1.42. The quantitative estimate of drug-likeness (QED) is 0.381. The predicted molar refractivity (Wildman–Crippen MR) is 113 cm³/mol. The van der Waals surface area contributed by atoms with Crippen LogP contribution in [-0.4, -0.2) is 46.1 Å². The first kappa shape index (κ1) is 22.1. The number of piperidine rings is 1. The normalized spacial score (nSPS) is 28.0. The number of carboxylic acid groups (broad SMARTS) is 1. The fourth-order valence-electron chi connectivity index (χ4n) is 4.85. The minimum Gasteiger partial charge on any atom is -0.481 e. The van der Waals surface area contributed by atoms with Crippen LogP contribution in [0.1, 0.15) is 50.5 Å². The predicted octanol–water partition coefficient (Wildman–Crippen LogP) is 5.02. The van der Waals surface area contributed by atoms with Gasteiger partial charge in [-0.2, -0.15) is 0 Å². The number of halogens is 2. The Morgan fingerprint density at radius 2 is 2.14 bits per heavy atom. The van der Waals surface area contributed by atoms with Crippen LogP contribution in [0.2, 0.25) is 10.0 Å². The van der Waals surface area contributed by atoms with Crippen LogP contribution in [0.15, 0.2) is 29.8 Å². The molecule has 0 spiro atoms. The lowest BCUT2D eigenvalue weighted by molar-refractivity contribution is -0.527. The largest absolute Gasteiger partial charge is 0.481 e. The molecule has 2 aliphatic rings. The second-order valence-corrected chi connectivity index (χ2v) is 8.80. The van der Waals surface area contributed by atoms with Crippen LogP contribution in [0.4, 0.5) is 0 Å². The Hall–Kier alpha value is -1.63. The number of allylic oxidation sites excluding steroid dienone is 1. The van der Waals surface area contributed by atoms with Gasteiger partial charge in [0.2, 0.25) is 6.04 Å². The highest BCUT2D eigenvalue weighted by atomic mass is 35.5. The zero-order valence-corrected chi connectivity index (χ0v) is 17.9. The Morgan fingerprint density at radius 3 is 2.76 bits per heavy atom. The van der Waals surface area contributed by atoms with Gasteiger partial charge in [-0.3, -0.25) is 19.8 Å². The number of hydrogen-bond donors (Lipinski definition) is 1. The van der Waals surface area contributed by atoms with Gasteiger partial charge in [0.15, 0.2) is 0 Å². The molecule has 0 radical (unpaired) electrons. The maximum atomic E-state index is 11.8. The highest BCUT2D eigenvalue weighted by molar-refractivity contribution is 6.35. The van der Waals surface area contributed by atoms with E-state index in [1.807, 2.05) is 6.92 Å². The van der Waals surface area contributed by atoms with E-state index in [9.17, 15) is 20.0 Å². The highest BCUT2D eigenvalue weighted by Gasteiger charge is 2.39. The number of rotatable bonds is 6. The van der Waals surface area contributed by atoms with Crippen molar-refractivity contribution in [1.29, 1.82) is 0 Å². The molecule has 8 heteroatoms. The van der Waals surface area contributed by atoms with Crippen LogP contribution in [0, 0.1) is 16.0 Å². The zero-order chi connectivity index (χ0) is 21.1. The summed E-state index contributed by atoms with van der Waals surface area (Å²) in [6.07, 6.45) is 5.25. The second-order valence-electron chi connectivity index (χ2n) is 7.96. The number of benzene rings is 1. The summed E-state index contributed by atoms with van der Waals surface area (Å²) in [4.78, 5) is 25.4. The van der Waals surface area contributed by atoms with Crippen LogP contribution in [0.3, 0.4) is 0 Å². The van der Waals surface area contributed by atoms with Crippen molar-refractivity contribution in [3.8, 4) is 0 Å². The molecule has 1 saturated heterocycles. The standard InChI is InChI=1S/C21H26Cl2N2O4/c1-2-19-17(21(26)27)4-3-9-24(19)12-13-5-7-16(20(10-13)25(28)29)15-8-6-14(22)11-18(15)23/h5-6,8,11,16-17,19-20H,2-4,7,9-10,12H2,1H3,(H,26,27)/t16-,17-,19?,20+/m0/s1. The molecule has 4 atom stereocenters. The van der Waals surface area contributed by atoms with Crippen molar-refractivity contribution in [2.75, 3.05) is 13.1 Å². The SMILES string of the molecule is CCC1[C@@H](C(=O)O)CCCN1CC1=CC[C@@H](c2ccc(Cl)cc2Cl)[C@H]([N+](=O)[O-])C1. The number of nitro groups is 1. The van der Waals surface area contributed by atoms with E-state index in [4.69, 9.17) is 23.2 Å². The van der Waals surface area contributed by atoms with Crippen molar-refractivity contribution in [3.63, 3.8) is 0 Å². The number of carbonyl (C=O) groups is 1. The van der Waals surface area contributed by atoms with Gasteiger partial charge in [0.25, 0.3) is 0 Å². The third kappa shape index (κ3) is 4.93. The van der Waals surface area contributed by atoms with Crippen LogP contribution in [0.5, 0.6) is 0 Å². The molecule has 1 aromatic rings. The number of likely N-dealkylation sites (tertiary alicyclic amines) is 1. The molecule has 0 amide bonds. The maximum Gasteiger partial charge on any atom is 0.308 e. The minimum absolute atomic E-state index is 0.0281. The Labute approximate surface area is 180 Å². The lowest BCUT2D eigenvalue weighted by Crippen LogP contribution is -2.48.